The normalized spacial score (nSPS) is 41.9. The van der Waals surface area contributed by atoms with Crippen LogP contribution < -0.4 is 5.32 Å². The lowest BCUT2D eigenvalue weighted by Gasteiger charge is -2.59. The van der Waals surface area contributed by atoms with E-state index in [-0.39, 0.29) is 10.8 Å². The second-order valence-electron chi connectivity index (χ2n) is 11.3. The molecule has 1 amide bonds. The molecule has 0 saturated heterocycles. The van der Waals surface area contributed by atoms with Gasteiger partial charge in [0.1, 0.15) is 6.04 Å². The molecule has 0 bridgehead atoms. The minimum Gasteiger partial charge on any atom is -0.480 e. The molecule has 0 aromatic rings. The zero-order valence-electron chi connectivity index (χ0n) is 20.0. The molecule has 0 heterocycles. The van der Waals surface area contributed by atoms with Gasteiger partial charge in [0.2, 0.25) is 0 Å². The van der Waals surface area contributed by atoms with Gasteiger partial charge in [-0.15, -0.1) is 0 Å². The maximum Gasteiger partial charge on any atom is 0.328 e. The largest absolute Gasteiger partial charge is 0.480 e. The number of carbonyl (C=O) groups excluding carboxylic acids is 1. The van der Waals surface area contributed by atoms with Crippen molar-refractivity contribution in [3.63, 3.8) is 0 Å². The fourth-order valence-electron chi connectivity index (χ4n) is 7.48. The van der Waals surface area contributed by atoms with Gasteiger partial charge in [0.05, 0.1) is 17.9 Å². The Bertz CT molecular complexity index is 867. The van der Waals surface area contributed by atoms with Crippen LogP contribution in [0.2, 0.25) is 0 Å². The summed E-state index contributed by atoms with van der Waals surface area (Å²) in [6.07, 6.45) is 10.4. The minimum atomic E-state index is -1.35. The summed E-state index contributed by atoms with van der Waals surface area (Å²) < 4.78 is 0. The summed E-state index contributed by atoms with van der Waals surface area (Å²) in [6, 6.07) is -1.35. The van der Waals surface area contributed by atoms with E-state index in [1.54, 1.807) is 0 Å². The molecule has 3 saturated carbocycles. The molecule has 0 spiro atoms. The Balaban J connectivity index is 1.41. The highest BCUT2D eigenvalue weighted by molar-refractivity contribution is 5.96. The topological polar surface area (TPSA) is 128 Å². The van der Waals surface area contributed by atoms with E-state index in [9.17, 15) is 14.7 Å². The number of carbonyl (C=O) groups is 2. The van der Waals surface area contributed by atoms with Crippen molar-refractivity contribution in [2.45, 2.75) is 83.8 Å². The summed E-state index contributed by atoms with van der Waals surface area (Å²) in [6.45, 7) is 5.68. The van der Waals surface area contributed by atoms with Crippen LogP contribution >= 0.6 is 0 Å². The Morgan fingerprint density at radius 3 is 2.58 bits per heavy atom. The van der Waals surface area contributed by atoms with Crippen LogP contribution in [0, 0.1) is 28.6 Å². The Labute approximate surface area is 195 Å². The summed E-state index contributed by atoms with van der Waals surface area (Å²) in [7, 11) is 0. The van der Waals surface area contributed by atoms with Crippen LogP contribution in [0.3, 0.4) is 0 Å². The molecule has 7 atom stereocenters. The van der Waals surface area contributed by atoms with Gasteiger partial charge in [-0.25, -0.2) is 4.79 Å². The van der Waals surface area contributed by atoms with Gasteiger partial charge in [0.15, 0.2) is 6.61 Å². The summed E-state index contributed by atoms with van der Waals surface area (Å²) in [4.78, 5) is 27.9. The van der Waals surface area contributed by atoms with Gasteiger partial charge in [-0.2, -0.15) is 0 Å². The van der Waals surface area contributed by atoms with Crippen molar-refractivity contribution in [1.29, 1.82) is 0 Å². The highest BCUT2D eigenvalue weighted by Crippen LogP contribution is 2.67. The molecule has 0 aliphatic heterocycles. The predicted octanol–water partition coefficient (Wildman–Crippen LogP) is 2.63. The number of nitrogens with zero attached hydrogens (tertiary/aromatic N) is 1. The number of rotatable bonds is 6. The molecule has 4 aliphatic carbocycles. The molecule has 0 radical (unpaired) electrons. The maximum absolute atomic E-state index is 11.8. The second kappa shape index (κ2) is 8.69. The number of aliphatic hydroxyl groups is 2. The van der Waals surface area contributed by atoms with Crippen molar-refractivity contribution >= 4 is 17.6 Å². The van der Waals surface area contributed by atoms with E-state index in [4.69, 9.17) is 15.1 Å². The van der Waals surface area contributed by atoms with E-state index in [1.807, 2.05) is 6.92 Å². The van der Waals surface area contributed by atoms with Gasteiger partial charge in [0, 0.05) is 0 Å². The molecule has 0 aromatic heterocycles. The standard InChI is InChI=1S/C25H38N2O6/c1-23-9-6-16(27-33-14-21(29)26-20(13-28)22(30)31)12-15(23)4-5-17-18(23)7-10-24(2)19(17)8-11-25(24,3)32/h12,17-20,28,32H,4-11,13-14H2,1-3H3,(H,26,29)(H,30,31)/t17-,18+,19+,20-,23+,24+,25+/m1/s1. The quantitative estimate of drug-likeness (QED) is 0.449. The maximum atomic E-state index is 11.8. The number of hydrogen-bond acceptors (Lipinski definition) is 6. The van der Waals surface area contributed by atoms with Crippen molar-refractivity contribution in [3.05, 3.63) is 11.6 Å². The summed E-state index contributed by atoms with van der Waals surface area (Å²) in [5, 5.41) is 35.3. The monoisotopic (exact) mass is 462 g/mol. The fourth-order valence-corrected chi connectivity index (χ4v) is 7.48. The van der Waals surface area contributed by atoms with Crippen molar-refractivity contribution < 1.29 is 29.7 Å². The zero-order chi connectivity index (χ0) is 24.0. The van der Waals surface area contributed by atoms with Crippen LogP contribution in [0.15, 0.2) is 16.8 Å². The van der Waals surface area contributed by atoms with Gasteiger partial charge in [-0.05, 0) is 93.0 Å². The summed E-state index contributed by atoms with van der Waals surface area (Å²) >= 11 is 0. The molecule has 4 aliphatic rings. The SMILES string of the molecule is C[C@]12CCC(=NOCC(=O)N[C@H](CO)C(=O)O)C=C1CC[C@@H]1[C@@H]2CC[C@@]2(C)[C@H]1CC[C@]2(C)O. The molecule has 33 heavy (non-hydrogen) atoms. The van der Waals surface area contributed by atoms with Crippen molar-refractivity contribution in [2.24, 2.45) is 33.7 Å². The van der Waals surface area contributed by atoms with Gasteiger partial charge >= 0.3 is 5.97 Å². The number of amides is 1. The molecular formula is C25H38N2O6. The van der Waals surface area contributed by atoms with Gasteiger partial charge < -0.3 is 25.5 Å². The molecule has 3 fully saturated rings. The summed E-state index contributed by atoms with van der Waals surface area (Å²) in [5.74, 6) is -0.0492. The third-order valence-electron chi connectivity index (χ3n) is 9.73. The number of fused-ring (bicyclic) bond motifs is 5. The first-order chi connectivity index (χ1) is 15.5. The number of carboxylic acids is 1. The van der Waals surface area contributed by atoms with Gasteiger partial charge in [-0.1, -0.05) is 24.6 Å². The van der Waals surface area contributed by atoms with Crippen molar-refractivity contribution in [3.8, 4) is 0 Å². The third kappa shape index (κ3) is 4.09. The van der Waals surface area contributed by atoms with E-state index in [0.717, 1.165) is 57.1 Å². The fraction of sp³-hybridized carbons (Fsp3) is 0.800. The zero-order valence-corrected chi connectivity index (χ0v) is 20.0. The van der Waals surface area contributed by atoms with E-state index in [2.05, 4.69) is 30.4 Å². The number of aliphatic carboxylic acids is 1. The molecule has 0 aromatic carbocycles. The van der Waals surface area contributed by atoms with E-state index >= 15 is 0 Å². The van der Waals surface area contributed by atoms with Crippen LogP contribution in [0.5, 0.6) is 0 Å². The number of oxime groups is 1. The number of hydrogen-bond donors (Lipinski definition) is 4. The lowest BCUT2D eigenvalue weighted by Crippen LogP contribution is -2.53. The lowest BCUT2D eigenvalue weighted by atomic mass is 9.46. The number of aliphatic hydroxyl groups excluding tert-OH is 1. The molecular weight excluding hydrogens is 424 g/mol. The Morgan fingerprint density at radius 1 is 1.15 bits per heavy atom. The first-order valence-electron chi connectivity index (χ1n) is 12.3. The van der Waals surface area contributed by atoms with Crippen LogP contribution in [-0.4, -0.2) is 57.8 Å². The van der Waals surface area contributed by atoms with E-state index in [1.165, 1.54) is 5.57 Å². The average Bonchev–Trinajstić information content (AvgIpc) is 3.01. The molecule has 8 nitrogen and oxygen atoms in total. The number of allylic oxidation sites excluding steroid dienone is 2. The molecule has 0 unspecified atom stereocenters. The number of carboxylic acid groups (broad SMARTS) is 1. The Hall–Kier alpha value is -1.93. The Morgan fingerprint density at radius 2 is 1.88 bits per heavy atom. The van der Waals surface area contributed by atoms with Gasteiger partial charge in [-0.3, -0.25) is 4.79 Å². The van der Waals surface area contributed by atoms with Crippen LogP contribution in [0.25, 0.3) is 0 Å². The predicted molar refractivity (Wildman–Crippen MR) is 122 cm³/mol. The van der Waals surface area contributed by atoms with E-state index < -0.39 is 36.7 Å². The third-order valence-corrected chi connectivity index (χ3v) is 9.73. The highest BCUT2D eigenvalue weighted by atomic mass is 16.6. The number of nitrogens with one attached hydrogen (secondary N) is 1. The average molecular weight is 463 g/mol. The highest BCUT2D eigenvalue weighted by Gasteiger charge is 2.62. The first-order valence-corrected chi connectivity index (χ1v) is 12.3. The van der Waals surface area contributed by atoms with Crippen molar-refractivity contribution in [2.75, 3.05) is 13.2 Å². The molecule has 4 rings (SSSR count). The van der Waals surface area contributed by atoms with Gasteiger partial charge in [0.25, 0.3) is 5.91 Å². The molecule has 184 valence electrons. The van der Waals surface area contributed by atoms with Crippen LogP contribution in [0.4, 0.5) is 0 Å². The lowest BCUT2D eigenvalue weighted by molar-refractivity contribution is -0.143. The molecule has 4 N–H and O–H groups in total. The minimum absolute atomic E-state index is 0.0249. The van der Waals surface area contributed by atoms with Crippen LogP contribution in [-0.2, 0) is 14.4 Å². The van der Waals surface area contributed by atoms with Crippen LogP contribution in [0.1, 0.15) is 72.1 Å². The smallest absolute Gasteiger partial charge is 0.328 e. The Kier molecular flexibility index (Phi) is 6.37. The summed E-state index contributed by atoms with van der Waals surface area (Å²) in [5.41, 5.74) is 1.84. The first kappa shape index (κ1) is 24.2. The second-order valence-corrected chi connectivity index (χ2v) is 11.3. The van der Waals surface area contributed by atoms with Crippen molar-refractivity contribution in [1.82, 2.24) is 5.32 Å². The molecule has 8 heteroatoms. The van der Waals surface area contributed by atoms with E-state index in [0.29, 0.717) is 17.8 Å².